The number of halogens is 1. The molecule has 0 aromatic heterocycles. The summed E-state index contributed by atoms with van der Waals surface area (Å²) in [5.41, 5.74) is 1.45. The molecule has 4 atom stereocenters. The number of amides is 1. The molecule has 4 rings (SSSR count). The minimum atomic E-state index is -4.31. The minimum Gasteiger partial charge on any atom is -0.352 e. The molecule has 2 bridgehead atoms. The standard InChI is InChI=1S/C25H30ClN3O5S/c1-15-4-9-23(16(2)10-15)28(35(33,34)20-7-8-22(26)24(13-20)29(31)32)14-25(30)27-17(3)21-12-18-5-6-19(21)11-18/h4,7-10,13,17-19,21H,5-6,11-12,14H2,1-3H3,(H,27,30)/t17-,18+,19+,21-/m1/s1. The lowest BCUT2D eigenvalue weighted by Crippen LogP contribution is -2.46. The van der Waals surface area contributed by atoms with E-state index < -0.39 is 33.1 Å². The van der Waals surface area contributed by atoms with Crippen LogP contribution in [0, 0.1) is 41.7 Å². The van der Waals surface area contributed by atoms with Gasteiger partial charge in [0.15, 0.2) is 0 Å². The summed E-state index contributed by atoms with van der Waals surface area (Å²) in [5, 5.41) is 14.2. The van der Waals surface area contributed by atoms with Crippen LogP contribution in [0.4, 0.5) is 11.4 Å². The summed E-state index contributed by atoms with van der Waals surface area (Å²) >= 11 is 5.90. The van der Waals surface area contributed by atoms with Crippen molar-refractivity contribution in [3.63, 3.8) is 0 Å². The molecule has 0 saturated heterocycles. The molecule has 10 heteroatoms. The Morgan fingerprint density at radius 2 is 1.94 bits per heavy atom. The summed E-state index contributed by atoms with van der Waals surface area (Å²) in [6.07, 6.45) is 4.75. The maximum Gasteiger partial charge on any atom is 0.289 e. The quantitative estimate of drug-likeness (QED) is 0.390. The second kappa shape index (κ2) is 9.78. The molecule has 0 radical (unpaired) electrons. The van der Waals surface area contributed by atoms with Gasteiger partial charge in [0.1, 0.15) is 11.6 Å². The van der Waals surface area contributed by atoms with Crippen LogP contribution in [0.15, 0.2) is 41.3 Å². The number of rotatable bonds is 8. The number of benzene rings is 2. The molecule has 1 amide bonds. The summed E-state index contributed by atoms with van der Waals surface area (Å²) in [6.45, 7) is 5.21. The first-order chi connectivity index (χ1) is 16.5. The van der Waals surface area contributed by atoms with Crippen LogP contribution in [0.25, 0.3) is 0 Å². The number of nitrogens with zero attached hydrogens (tertiary/aromatic N) is 2. The van der Waals surface area contributed by atoms with Crippen molar-refractivity contribution < 1.29 is 18.1 Å². The van der Waals surface area contributed by atoms with E-state index >= 15 is 0 Å². The van der Waals surface area contributed by atoms with Crippen molar-refractivity contribution in [3.05, 3.63) is 62.7 Å². The predicted molar refractivity (Wildman–Crippen MR) is 135 cm³/mol. The van der Waals surface area contributed by atoms with E-state index in [-0.39, 0.29) is 16.0 Å². The Kier molecular flexibility index (Phi) is 7.11. The number of nitro groups is 1. The number of anilines is 1. The summed E-state index contributed by atoms with van der Waals surface area (Å²) < 4.78 is 28.5. The Balaban J connectivity index is 1.64. The van der Waals surface area contributed by atoms with E-state index in [2.05, 4.69) is 5.32 Å². The first-order valence-electron chi connectivity index (χ1n) is 11.8. The summed E-state index contributed by atoms with van der Waals surface area (Å²) in [6, 6.07) is 8.53. The number of hydrogen-bond donors (Lipinski definition) is 1. The molecule has 188 valence electrons. The van der Waals surface area contributed by atoms with E-state index in [1.165, 1.54) is 31.4 Å². The van der Waals surface area contributed by atoms with Gasteiger partial charge in [0.05, 0.1) is 15.5 Å². The lowest BCUT2D eigenvalue weighted by atomic mass is 9.84. The van der Waals surface area contributed by atoms with Gasteiger partial charge in [-0.1, -0.05) is 35.7 Å². The molecule has 0 heterocycles. The third kappa shape index (κ3) is 5.16. The van der Waals surface area contributed by atoms with E-state index in [9.17, 15) is 23.3 Å². The van der Waals surface area contributed by atoms with Crippen LogP contribution in [0.2, 0.25) is 5.02 Å². The third-order valence-corrected chi connectivity index (χ3v) is 9.51. The highest BCUT2D eigenvalue weighted by Gasteiger charge is 2.42. The van der Waals surface area contributed by atoms with Gasteiger partial charge < -0.3 is 5.32 Å². The Bertz CT molecular complexity index is 1270. The van der Waals surface area contributed by atoms with Crippen LogP contribution >= 0.6 is 11.6 Å². The zero-order chi connectivity index (χ0) is 25.5. The number of hydrogen-bond acceptors (Lipinski definition) is 5. The SMILES string of the molecule is Cc1ccc(N(CC(=O)N[C@H](C)[C@H]2C[C@H]3CC[C@H]2C3)S(=O)(=O)c2ccc(Cl)c([N+](=O)[O-])c2)c(C)c1. The fourth-order valence-corrected chi connectivity index (χ4v) is 7.44. The highest BCUT2D eigenvalue weighted by molar-refractivity contribution is 7.92. The molecule has 2 aliphatic carbocycles. The molecule has 2 saturated carbocycles. The van der Waals surface area contributed by atoms with Gasteiger partial charge in [0, 0.05) is 12.1 Å². The highest BCUT2D eigenvalue weighted by Crippen LogP contribution is 2.49. The smallest absolute Gasteiger partial charge is 0.289 e. The number of carbonyl (C=O) groups excluding carboxylic acids is 1. The molecule has 2 fully saturated rings. The molecule has 35 heavy (non-hydrogen) atoms. The molecular formula is C25H30ClN3O5S. The van der Waals surface area contributed by atoms with E-state index in [4.69, 9.17) is 11.6 Å². The van der Waals surface area contributed by atoms with Gasteiger partial charge >= 0.3 is 0 Å². The molecule has 0 aliphatic heterocycles. The zero-order valence-electron chi connectivity index (χ0n) is 20.0. The van der Waals surface area contributed by atoms with Crippen molar-refractivity contribution in [2.45, 2.75) is 57.4 Å². The maximum absolute atomic E-state index is 13.7. The normalized spacial score (nSPS) is 22.1. The van der Waals surface area contributed by atoms with Gasteiger partial charge in [0.25, 0.3) is 15.7 Å². The number of fused-ring (bicyclic) bond motifs is 2. The van der Waals surface area contributed by atoms with Gasteiger partial charge in [-0.2, -0.15) is 0 Å². The van der Waals surface area contributed by atoms with E-state index in [0.717, 1.165) is 28.3 Å². The second-order valence-electron chi connectivity index (χ2n) is 9.87. The fourth-order valence-electron chi connectivity index (χ4n) is 5.75. The molecule has 2 aliphatic rings. The second-order valence-corrected chi connectivity index (χ2v) is 12.1. The Labute approximate surface area is 210 Å². The van der Waals surface area contributed by atoms with Crippen LogP contribution in [0.1, 0.15) is 43.7 Å². The van der Waals surface area contributed by atoms with Crippen LogP contribution in [0.5, 0.6) is 0 Å². The van der Waals surface area contributed by atoms with Gasteiger partial charge in [-0.25, -0.2) is 8.42 Å². The molecule has 2 aromatic rings. The van der Waals surface area contributed by atoms with Crippen LogP contribution in [-0.2, 0) is 14.8 Å². The van der Waals surface area contributed by atoms with Crippen LogP contribution in [0.3, 0.4) is 0 Å². The van der Waals surface area contributed by atoms with Gasteiger partial charge in [0.2, 0.25) is 5.91 Å². The van der Waals surface area contributed by atoms with E-state index in [1.807, 2.05) is 19.9 Å². The number of nitro benzene ring substituents is 1. The van der Waals surface area contributed by atoms with Crippen LogP contribution < -0.4 is 9.62 Å². The molecule has 1 N–H and O–H groups in total. The fraction of sp³-hybridized carbons (Fsp3) is 0.480. The Morgan fingerprint density at radius 1 is 1.20 bits per heavy atom. The van der Waals surface area contributed by atoms with Gasteiger partial charge in [-0.3, -0.25) is 19.2 Å². The van der Waals surface area contributed by atoms with Crippen molar-refractivity contribution >= 4 is 38.9 Å². The van der Waals surface area contributed by atoms with Crippen molar-refractivity contribution in [3.8, 4) is 0 Å². The Morgan fingerprint density at radius 3 is 2.54 bits per heavy atom. The highest BCUT2D eigenvalue weighted by atomic mass is 35.5. The zero-order valence-corrected chi connectivity index (χ0v) is 21.6. The number of carbonyl (C=O) groups is 1. The van der Waals surface area contributed by atoms with Gasteiger partial charge in [-0.05, 0) is 81.5 Å². The molecule has 8 nitrogen and oxygen atoms in total. The minimum absolute atomic E-state index is 0.0573. The average molecular weight is 520 g/mol. The first kappa shape index (κ1) is 25.4. The first-order valence-corrected chi connectivity index (χ1v) is 13.6. The largest absolute Gasteiger partial charge is 0.352 e. The average Bonchev–Trinajstić information content (AvgIpc) is 3.42. The number of sulfonamides is 1. The van der Waals surface area contributed by atoms with E-state index in [0.29, 0.717) is 23.1 Å². The number of nitrogens with one attached hydrogen (secondary N) is 1. The molecule has 2 aromatic carbocycles. The van der Waals surface area contributed by atoms with E-state index in [1.54, 1.807) is 19.1 Å². The summed E-state index contributed by atoms with van der Waals surface area (Å²) in [7, 11) is -4.31. The lowest BCUT2D eigenvalue weighted by Gasteiger charge is -2.30. The third-order valence-electron chi connectivity index (χ3n) is 7.43. The van der Waals surface area contributed by atoms with Crippen molar-refractivity contribution in [2.75, 3.05) is 10.8 Å². The summed E-state index contributed by atoms with van der Waals surface area (Å²) in [4.78, 5) is 23.5. The number of aryl methyl sites for hydroxylation is 2. The van der Waals surface area contributed by atoms with Crippen molar-refractivity contribution in [1.82, 2.24) is 5.32 Å². The topological polar surface area (TPSA) is 110 Å². The lowest BCUT2D eigenvalue weighted by molar-refractivity contribution is -0.384. The molecular weight excluding hydrogens is 490 g/mol. The summed E-state index contributed by atoms with van der Waals surface area (Å²) in [5.74, 6) is 1.34. The van der Waals surface area contributed by atoms with Crippen molar-refractivity contribution in [1.29, 1.82) is 0 Å². The predicted octanol–water partition coefficient (Wildman–Crippen LogP) is 5.00. The van der Waals surface area contributed by atoms with Gasteiger partial charge in [-0.15, -0.1) is 0 Å². The Hall–Kier alpha value is -2.65. The monoisotopic (exact) mass is 519 g/mol. The maximum atomic E-state index is 13.7. The molecule has 0 unspecified atom stereocenters. The van der Waals surface area contributed by atoms with Crippen molar-refractivity contribution in [2.24, 2.45) is 17.8 Å². The van der Waals surface area contributed by atoms with Crippen LogP contribution in [-0.4, -0.2) is 31.8 Å². The molecule has 0 spiro atoms.